The van der Waals surface area contributed by atoms with Crippen LogP contribution in [-0.4, -0.2) is 18.1 Å². The molecule has 0 amide bonds. The summed E-state index contributed by atoms with van der Waals surface area (Å²) >= 11 is 0. The lowest BCUT2D eigenvalue weighted by molar-refractivity contribution is 0.408. The van der Waals surface area contributed by atoms with Crippen LogP contribution in [0, 0.1) is 6.67 Å². The first kappa shape index (κ1) is 4.05. The van der Waals surface area contributed by atoms with Crippen LogP contribution in [0.4, 0.5) is 0 Å². The van der Waals surface area contributed by atoms with Gasteiger partial charge in [0.25, 0.3) is 0 Å². The highest BCUT2D eigenvalue weighted by molar-refractivity contribution is 4.68. The van der Waals surface area contributed by atoms with Crippen LogP contribution >= 0.6 is 0 Å². The van der Waals surface area contributed by atoms with E-state index in [0.29, 0.717) is 0 Å². The summed E-state index contributed by atoms with van der Waals surface area (Å²) in [6.07, 6.45) is 0. The predicted molar refractivity (Wildman–Crippen MR) is 23.2 cm³/mol. The minimum Gasteiger partial charge on any atom is -0.297 e. The van der Waals surface area contributed by atoms with Gasteiger partial charge in [0.05, 0.1) is 0 Å². The summed E-state index contributed by atoms with van der Waals surface area (Å²) in [6, 6.07) is 0. The van der Waals surface area contributed by atoms with Crippen molar-refractivity contribution in [3.05, 3.63) is 6.67 Å². The van der Waals surface area contributed by atoms with Gasteiger partial charge in [-0.3, -0.25) is 11.2 Å². The summed E-state index contributed by atoms with van der Waals surface area (Å²) in [5.74, 6) is 5.25. The Balaban J connectivity index is 2.18. The minimum absolute atomic E-state index is 0.931. The van der Waals surface area contributed by atoms with Crippen molar-refractivity contribution in [2.45, 2.75) is 0 Å². The van der Waals surface area contributed by atoms with Crippen molar-refractivity contribution in [1.82, 2.24) is 10.3 Å². The van der Waals surface area contributed by atoms with Crippen LogP contribution in [0.15, 0.2) is 0 Å². The standard InChI is InChI=1S/C3H8N3/c4-6-2-1-5-3-6/h3,5H,1-2,4H2. The van der Waals surface area contributed by atoms with Crippen molar-refractivity contribution in [2.75, 3.05) is 13.1 Å². The monoisotopic (exact) mass is 86.1 g/mol. The van der Waals surface area contributed by atoms with Gasteiger partial charge in [-0.2, -0.15) is 0 Å². The number of hydrazine groups is 1. The van der Waals surface area contributed by atoms with Crippen molar-refractivity contribution < 1.29 is 0 Å². The minimum atomic E-state index is 0.931. The number of hydrogen-bond donors (Lipinski definition) is 2. The van der Waals surface area contributed by atoms with Gasteiger partial charge >= 0.3 is 0 Å². The molecule has 1 aliphatic rings. The Morgan fingerprint density at radius 1 is 1.83 bits per heavy atom. The molecular weight excluding hydrogens is 78.1 g/mol. The molecule has 1 saturated heterocycles. The highest BCUT2D eigenvalue weighted by Crippen LogP contribution is 1.84. The lowest BCUT2D eigenvalue weighted by Crippen LogP contribution is -2.24. The fourth-order valence-electron chi connectivity index (χ4n) is 0.440. The van der Waals surface area contributed by atoms with Gasteiger partial charge in [-0.25, -0.2) is 5.01 Å². The van der Waals surface area contributed by atoms with Crippen LogP contribution in [0.25, 0.3) is 0 Å². The maximum Gasteiger partial charge on any atom is 0.103 e. The molecule has 3 nitrogen and oxygen atoms in total. The fourth-order valence-corrected chi connectivity index (χ4v) is 0.440. The van der Waals surface area contributed by atoms with E-state index in [1.165, 1.54) is 0 Å². The zero-order valence-corrected chi connectivity index (χ0v) is 3.52. The fraction of sp³-hybridized carbons (Fsp3) is 0.667. The van der Waals surface area contributed by atoms with Crippen LogP contribution in [-0.2, 0) is 0 Å². The molecule has 1 aliphatic heterocycles. The van der Waals surface area contributed by atoms with Gasteiger partial charge in [0.1, 0.15) is 6.67 Å². The molecule has 0 spiro atoms. The highest BCUT2D eigenvalue weighted by Gasteiger charge is 2.03. The van der Waals surface area contributed by atoms with Gasteiger partial charge in [-0.05, 0) is 0 Å². The Bertz CT molecular complexity index is 39.3. The molecule has 3 N–H and O–H groups in total. The lowest BCUT2D eigenvalue weighted by atomic mass is 10.7. The van der Waals surface area contributed by atoms with Gasteiger partial charge in [0, 0.05) is 13.1 Å². The van der Waals surface area contributed by atoms with E-state index in [1.54, 1.807) is 11.7 Å². The number of nitrogens with one attached hydrogen (secondary N) is 1. The molecule has 1 rings (SSSR count). The topological polar surface area (TPSA) is 41.3 Å². The van der Waals surface area contributed by atoms with Crippen molar-refractivity contribution in [3.8, 4) is 0 Å². The average molecular weight is 86.1 g/mol. The molecule has 3 heteroatoms. The maximum atomic E-state index is 5.25. The van der Waals surface area contributed by atoms with Crippen molar-refractivity contribution in [3.63, 3.8) is 0 Å². The molecule has 0 saturated carbocycles. The molecule has 1 fully saturated rings. The Morgan fingerprint density at radius 2 is 2.67 bits per heavy atom. The molecule has 1 radical (unpaired) electrons. The molecule has 0 bridgehead atoms. The largest absolute Gasteiger partial charge is 0.297 e. The first-order valence-electron chi connectivity index (χ1n) is 1.97. The van der Waals surface area contributed by atoms with Crippen LogP contribution in [0.5, 0.6) is 0 Å². The number of nitrogens with zero attached hydrogens (tertiary/aromatic N) is 1. The van der Waals surface area contributed by atoms with Gasteiger partial charge in [-0.1, -0.05) is 0 Å². The van der Waals surface area contributed by atoms with E-state index in [9.17, 15) is 0 Å². The summed E-state index contributed by atoms with van der Waals surface area (Å²) in [5, 5.41) is 4.57. The highest BCUT2D eigenvalue weighted by atomic mass is 15.5. The Kier molecular flexibility index (Phi) is 1.05. The smallest absolute Gasteiger partial charge is 0.103 e. The Labute approximate surface area is 37.1 Å². The normalized spacial score (nSPS) is 25.5. The Hall–Kier alpha value is -0.120. The summed E-state index contributed by atoms with van der Waals surface area (Å²) in [4.78, 5) is 0. The third-order valence-electron chi connectivity index (χ3n) is 0.771. The number of nitrogens with two attached hydrogens (primary N) is 1. The van der Waals surface area contributed by atoms with Crippen molar-refractivity contribution in [1.29, 1.82) is 0 Å². The maximum absolute atomic E-state index is 5.25. The van der Waals surface area contributed by atoms with E-state index in [2.05, 4.69) is 5.32 Å². The van der Waals surface area contributed by atoms with E-state index in [1.807, 2.05) is 0 Å². The van der Waals surface area contributed by atoms with E-state index in [4.69, 9.17) is 5.84 Å². The van der Waals surface area contributed by atoms with Gasteiger partial charge in [0.2, 0.25) is 0 Å². The first-order valence-corrected chi connectivity index (χ1v) is 1.97. The second-order valence-corrected chi connectivity index (χ2v) is 1.32. The van der Waals surface area contributed by atoms with Crippen LogP contribution in [0.2, 0.25) is 0 Å². The molecule has 35 valence electrons. The molecular formula is C3H8N3. The molecule has 0 aromatic heterocycles. The van der Waals surface area contributed by atoms with E-state index in [-0.39, 0.29) is 0 Å². The van der Waals surface area contributed by atoms with Gasteiger partial charge in [-0.15, -0.1) is 0 Å². The molecule has 0 aromatic carbocycles. The predicted octanol–water partition coefficient (Wildman–Crippen LogP) is -1.12. The molecule has 0 aromatic rings. The summed E-state index contributed by atoms with van der Waals surface area (Å²) in [5.41, 5.74) is 0. The third-order valence-corrected chi connectivity index (χ3v) is 0.771. The quantitative estimate of drug-likeness (QED) is 0.367. The first-order chi connectivity index (χ1) is 2.89. The zero-order chi connectivity index (χ0) is 4.41. The second-order valence-electron chi connectivity index (χ2n) is 1.32. The lowest BCUT2D eigenvalue weighted by Gasteiger charge is -1.99. The zero-order valence-electron chi connectivity index (χ0n) is 3.52. The molecule has 0 aliphatic carbocycles. The number of rotatable bonds is 0. The summed E-state index contributed by atoms with van der Waals surface area (Å²) in [7, 11) is 0. The molecule has 0 unspecified atom stereocenters. The third kappa shape index (κ3) is 0.680. The second kappa shape index (κ2) is 1.55. The van der Waals surface area contributed by atoms with E-state index in [0.717, 1.165) is 13.1 Å². The van der Waals surface area contributed by atoms with Crippen LogP contribution < -0.4 is 11.2 Å². The molecule has 0 atom stereocenters. The van der Waals surface area contributed by atoms with E-state index >= 15 is 0 Å². The van der Waals surface area contributed by atoms with Crippen LogP contribution in [0.3, 0.4) is 0 Å². The van der Waals surface area contributed by atoms with Gasteiger partial charge in [0.15, 0.2) is 0 Å². The SMILES string of the molecule is NN1[CH]NCC1. The van der Waals surface area contributed by atoms with Crippen molar-refractivity contribution >= 4 is 0 Å². The van der Waals surface area contributed by atoms with E-state index < -0.39 is 0 Å². The summed E-state index contributed by atoms with van der Waals surface area (Å²) in [6.45, 7) is 3.68. The Morgan fingerprint density at radius 3 is 2.83 bits per heavy atom. The molecule has 1 heterocycles. The van der Waals surface area contributed by atoms with Gasteiger partial charge < -0.3 is 0 Å². The van der Waals surface area contributed by atoms with Crippen LogP contribution in [0.1, 0.15) is 0 Å². The summed E-state index contributed by atoms with van der Waals surface area (Å²) < 4.78 is 0. The number of hydrogen-bond acceptors (Lipinski definition) is 3. The average Bonchev–Trinajstić information content (AvgIpc) is 1.86. The molecule has 6 heavy (non-hydrogen) atoms. The van der Waals surface area contributed by atoms with Crippen molar-refractivity contribution in [2.24, 2.45) is 5.84 Å².